The highest BCUT2D eigenvalue weighted by Gasteiger charge is 2.23. The van der Waals surface area contributed by atoms with Gasteiger partial charge in [-0.1, -0.05) is 12.1 Å². The van der Waals surface area contributed by atoms with Gasteiger partial charge >= 0.3 is 0 Å². The first-order valence-corrected chi connectivity index (χ1v) is 6.00. The fourth-order valence-electron chi connectivity index (χ4n) is 2.15. The maximum absolute atomic E-state index is 8.66. The number of oxime groups is 1. The number of ether oxygens (including phenoxy) is 1. The molecule has 1 heterocycles. The molecule has 0 bridgehead atoms. The number of amidine groups is 1. The van der Waals surface area contributed by atoms with Crippen molar-refractivity contribution in [1.29, 1.82) is 0 Å². The van der Waals surface area contributed by atoms with Crippen molar-refractivity contribution in [3.8, 4) is 0 Å². The Balaban J connectivity index is 2.44. The van der Waals surface area contributed by atoms with E-state index in [0.717, 1.165) is 32.5 Å². The van der Waals surface area contributed by atoms with E-state index in [1.807, 2.05) is 6.92 Å². The van der Waals surface area contributed by atoms with Gasteiger partial charge in [0.15, 0.2) is 5.84 Å². The molecule has 0 amide bonds. The lowest BCUT2D eigenvalue weighted by Crippen LogP contribution is -2.48. The minimum absolute atomic E-state index is 0.0390. The lowest BCUT2D eigenvalue weighted by atomic mass is 9.92. The molecule has 0 radical (unpaired) electrons. The minimum atomic E-state index is -0.0390. The van der Waals surface area contributed by atoms with Crippen LogP contribution in [0.25, 0.3) is 0 Å². The minimum Gasteiger partial charge on any atom is -0.409 e. The summed E-state index contributed by atoms with van der Waals surface area (Å²) < 4.78 is 5.33. The molecule has 0 spiro atoms. The Kier molecular flexibility index (Phi) is 5.55. The normalized spacial score (nSPS) is 23.0. The van der Waals surface area contributed by atoms with Crippen LogP contribution in [0.15, 0.2) is 5.16 Å². The lowest BCUT2D eigenvalue weighted by molar-refractivity contribution is 0.0553. The molecule has 0 aromatic rings. The highest BCUT2D eigenvalue weighted by atomic mass is 16.5. The summed E-state index contributed by atoms with van der Waals surface area (Å²) in [6, 6.07) is 0.331. The average Bonchev–Trinajstić information content (AvgIpc) is 2.35. The van der Waals surface area contributed by atoms with Gasteiger partial charge in [-0.2, -0.15) is 0 Å². The molecule has 0 aromatic heterocycles. The van der Waals surface area contributed by atoms with Gasteiger partial charge in [0.25, 0.3) is 0 Å². The number of hydrogen-bond acceptors (Lipinski definition) is 4. The summed E-state index contributed by atoms with van der Waals surface area (Å²) in [4.78, 5) is 0. The van der Waals surface area contributed by atoms with Crippen LogP contribution >= 0.6 is 0 Å². The molecule has 94 valence electrons. The molecule has 1 rings (SSSR count). The van der Waals surface area contributed by atoms with E-state index in [1.54, 1.807) is 0 Å². The van der Waals surface area contributed by atoms with Crippen LogP contribution in [-0.4, -0.2) is 36.3 Å². The SMILES string of the molecule is CCC(NC(C)C1CCOCC1)C(N)=NO. The molecule has 1 saturated heterocycles. The number of nitrogens with two attached hydrogens (primary N) is 1. The Morgan fingerprint density at radius 3 is 2.69 bits per heavy atom. The van der Waals surface area contributed by atoms with Gasteiger partial charge in [0, 0.05) is 19.3 Å². The van der Waals surface area contributed by atoms with Gasteiger partial charge in [0.1, 0.15) is 0 Å². The first-order valence-electron chi connectivity index (χ1n) is 6.00. The van der Waals surface area contributed by atoms with E-state index in [0.29, 0.717) is 12.0 Å². The van der Waals surface area contributed by atoms with Gasteiger partial charge in [0.05, 0.1) is 6.04 Å². The Morgan fingerprint density at radius 2 is 2.19 bits per heavy atom. The molecule has 0 aliphatic carbocycles. The van der Waals surface area contributed by atoms with Gasteiger partial charge < -0.3 is 21.0 Å². The predicted octanol–water partition coefficient (Wildman–Crippen LogP) is 0.916. The molecular weight excluding hydrogens is 206 g/mol. The Bertz CT molecular complexity index is 227. The fraction of sp³-hybridized carbons (Fsp3) is 0.909. The van der Waals surface area contributed by atoms with E-state index in [1.165, 1.54) is 0 Å². The van der Waals surface area contributed by atoms with Crippen LogP contribution in [0, 0.1) is 5.92 Å². The van der Waals surface area contributed by atoms with E-state index in [4.69, 9.17) is 15.7 Å². The molecule has 0 aromatic carbocycles. The summed E-state index contributed by atoms with van der Waals surface area (Å²) in [5.41, 5.74) is 5.62. The highest BCUT2D eigenvalue weighted by molar-refractivity contribution is 5.85. The summed E-state index contributed by atoms with van der Waals surface area (Å²) in [5, 5.41) is 15.1. The molecule has 5 nitrogen and oxygen atoms in total. The maximum atomic E-state index is 8.66. The molecule has 1 aliphatic heterocycles. The summed E-state index contributed by atoms with van der Waals surface area (Å²) in [5.74, 6) is 0.885. The van der Waals surface area contributed by atoms with Crippen molar-refractivity contribution in [2.24, 2.45) is 16.8 Å². The topological polar surface area (TPSA) is 79.9 Å². The Morgan fingerprint density at radius 1 is 1.56 bits per heavy atom. The lowest BCUT2D eigenvalue weighted by Gasteiger charge is -2.31. The first-order chi connectivity index (χ1) is 7.69. The van der Waals surface area contributed by atoms with Crippen molar-refractivity contribution in [3.63, 3.8) is 0 Å². The molecule has 2 unspecified atom stereocenters. The highest BCUT2D eigenvalue weighted by Crippen LogP contribution is 2.19. The van der Waals surface area contributed by atoms with Crippen molar-refractivity contribution < 1.29 is 9.94 Å². The van der Waals surface area contributed by atoms with Crippen LogP contribution < -0.4 is 11.1 Å². The molecule has 2 atom stereocenters. The van der Waals surface area contributed by atoms with Crippen molar-refractivity contribution in [3.05, 3.63) is 0 Å². The van der Waals surface area contributed by atoms with Gasteiger partial charge in [-0.15, -0.1) is 0 Å². The molecule has 1 fully saturated rings. The second-order valence-corrected chi connectivity index (χ2v) is 4.39. The summed E-state index contributed by atoms with van der Waals surface area (Å²) >= 11 is 0. The van der Waals surface area contributed by atoms with E-state index < -0.39 is 0 Å². The third-order valence-corrected chi connectivity index (χ3v) is 3.32. The molecule has 5 heteroatoms. The molecule has 1 aliphatic rings. The van der Waals surface area contributed by atoms with Crippen LogP contribution in [0.1, 0.15) is 33.1 Å². The second-order valence-electron chi connectivity index (χ2n) is 4.39. The van der Waals surface area contributed by atoms with Crippen molar-refractivity contribution in [2.45, 2.75) is 45.2 Å². The zero-order chi connectivity index (χ0) is 12.0. The van der Waals surface area contributed by atoms with Gasteiger partial charge in [-0.3, -0.25) is 0 Å². The fourth-order valence-corrected chi connectivity index (χ4v) is 2.15. The van der Waals surface area contributed by atoms with Crippen LogP contribution in [0.2, 0.25) is 0 Å². The van der Waals surface area contributed by atoms with Crippen molar-refractivity contribution >= 4 is 5.84 Å². The van der Waals surface area contributed by atoms with E-state index in [-0.39, 0.29) is 11.9 Å². The summed E-state index contributed by atoms with van der Waals surface area (Å²) in [6.45, 7) is 5.86. The third-order valence-electron chi connectivity index (χ3n) is 3.32. The maximum Gasteiger partial charge on any atom is 0.156 e. The number of hydrogen-bond donors (Lipinski definition) is 3. The number of rotatable bonds is 5. The third kappa shape index (κ3) is 3.64. The van der Waals surface area contributed by atoms with Gasteiger partial charge in [0.2, 0.25) is 0 Å². The van der Waals surface area contributed by atoms with Crippen LogP contribution in [0.3, 0.4) is 0 Å². The zero-order valence-electron chi connectivity index (χ0n) is 10.1. The first kappa shape index (κ1) is 13.3. The van der Waals surface area contributed by atoms with Crippen LogP contribution in [0.4, 0.5) is 0 Å². The molecular formula is C11H23N3O2. The molecule has 0 saturated carbocycles. The monoisotopic (exact) mass is 229 g/mol. The largest absolute Gasteiger partial charge is 0.409 e. The predicted molar refractivity (Wildman–Crippen MR) is 63.6 cm³/mol. The zero-order valence-corrected chi connectivity index (χ0v) is 10.1. The van der Waals surface area contributed by atoms with Crippen molar-refractivity contribution in [1.82, 2.24) is 5.32 Å². The standard InChI is InChI=1S/C11H23N3O2/c1-3-10(11(12)14-15)13-8(2)9-4-6-16-7-5-9/h8-10,13,15H,3-7H2,1-2H3,(H2,12,14). The number of nitrogens with zero attached hydrogens (tertiary/aromatic N) is 1. The van der Waals surface area contributed by atoms with E-state index >= 15 is 0 Å². The second kappa shape index (κ2) is 6.70. The van der Waals surface area contributed by atoms with Gasteiger partial charge in [-0.25, -0.2) is 0 Å². The molecule has 4 N–H and O–H groups in total. The van der Waals surface area contributed by atoms with Gasteiger partial charge in [-0.05, 0) is 32.1 Å². The Labute approximate surface area is 97.0 Å². The van der Waals surface area contributed by atoms with E-state index in [9.17, 15) is 0 Å². The summed E-state index contributed by atoms with van der Waals surface area (Å²) in [6.07, 6.45) is 2.99. The van der Waals surface area contributed by atoms with Crippen LogP contribution in [-0.2, 0) is 4.74 Å². The van der Waals surface area contributed by atoms with E-state index in [2.05, 4.69) is 17.4 Å². The average molecular weight is 229 g/mol. The quantitative estimate of drug-likeness (QED) is 0.283. The number of nitrogens with one attached hydrogen (secondary N) is 1. The van der Waals surface area contributed by atoms with Crippen LogP contribution in [0.5, 0.6) is 0 Å². The molecule has 16 heavy (non-hydrogen) atoms. The smallest absolute Gasteiger partial charge is 0.156 e. The Hall–Kier alpha value is -0.810. The van der Waals surface area contributed by atoms with Crippen molar-refractivity contribution in [2.75, 3.05) is 13.2 Å². The summed E-state index contributed by atoms with van der Waals surface area (Å²) in [7, 11) is 0.